The van der Waals surface area contributed by atoms with Crippen molar-refractivity contribution in [2.45, 2.75) is 26.3 Å². The lowest BCUT2D eigenvalue weighted by molar-refractivity contribution is -0.118. The molecule has 0 radical (unpaired) electrons. The Bertz CT molecular complexity index is 908. The number of amides is 1. The van der Waals surface area contributed by atoms with Crippen LogP contribution in [0, 0.1) is 0 Å². The third-order valence-corrected chi connectivity index (χ3v) is 3.89. The summed E-state index contributed by atoms with van der Waals surface area (Å²) in [4.78, 5) is 24.5. The van der Waals surface area contributed by atoms with E-state index in [0.717, 1.165) is 17.7 Å². The average molecular weight is 310 g/mol. The minimum absolute atomic E-state index is 0.257. The Morgan fingerprint density at radius 2 is 2.00 bits per heavy atom. The molecular weight excluding hydrogens is 292 g/mol. The summed E-state index contributed by atoms with van der Waals surface area (Å²) in [5.74, 6) is -0.789. The number of hydrogen-bond donors (Lipinski definition) is 1. The molecule has 2 aromatic carbocycles. The molecule has 1 atom stereocenters. The van der Waals surface area contributed by atoms with Gasteiger partial charge in [-0.2, -0.15) is 0 Å². The Labute approximate surface area is 133 Å². The molecule has 1 aromatic heterocycles. The minimum atomic E-state index is -0.670. The fourth-order valence-corrected chi connectivity index (χ4v) is 2.58. The number of carbonyl (C=O) groups is 1. The van der Waals surface area contributed by atoms with Gasteiger partial charge in [0.1, 0.15) is 6.04 Å². The zero-order valence-corrected chi connectivity index (χ0v) is 13.1. The lowest BCUT2D eigenvalue weighted by atomic mass is 10.1. The molecule has 1 N–H and O–H groups in total. The normalized spacial score (nSPS) is 12.3. The Kier molecular flexibility index (Phi) is 4.02. The molecule has 0 saturated heterocycles. The lowest BCUT2D eigenvalue weighted by Gasteiger charge is -2.13. The lowest BCUT2D eigenvalue weighted by Crippen LogP contribution is -2.29. The number of carbonyl (C=O) groups excluding carboxylic acids is 1. The molecule has 0 bridgehead atoms. The number of hydrogen-bond acceptors (Lipinski definition) is 3. The van der Waals surface area contributed by atoms with Crippen LogP contribution in [0.25, 0.3) is 11.1 Å². The van der Waals surface area contributed by atoms with Gasteiger partial charge in [0.25, 0.3) is 0 Å². The van der Waals surface area contributed by atoms with Gasteiger partial charge in [-0.3, -0.25) is 9.36 Å². The molecule has 0 saturated carbocycles. The molecule has 0 aliphatic heterocycles. The number of benzene rings is 2. The first-order valence-electron chi connectivity index (χ1n) is 7.60. The van der Waals surface area contributed by atoms with E-state index in [9.17, 15) is 9.59 Å². The molecule has 5 heteroatoms. The summed E-state index contributed by atoms with van der Waals surface area (Å²) >= 11 is 0. The molecule has 1 amide bonds. The van der Waals surface area contributed by atoms with Crippen LogP contribution in [-0.4, -0.2) is 10.5 Å². The molecule has 3 rings (SSSR count). The topological polar surface area (TPSA) is 64.2 Å². The summed E-state index contributed by atoms with van der Waals surface area (Å²) < 4.78 is 6.55. The van der Waals surface area contributed by atoms with Crippen molar-refractivity contribution >= 4 is 22.7 Å². The predicted molar refractivity (Wildman–Crippen MR) is 89.6 cm³/mol. The second-order valence-electron chi connectivity index (χ2n) is 5.42. The molecular formula is C18H18N2O3. The van der Waals surface area contributed by atoms with E-state index in [4.69, 9.17) is 4.42 Å². The minimum Gasteiger partial charge on any atom is -0.408 e. The van der Waals surface area contributed by atoms with Crippen molar-refractivity contribution < 1.29 is 9.21 Å². The first-order chi connectivity index (χ1) is 11.1. The largest absolute Gasteiger partial charge is 0.420 e. The summed E-state index contributed by atoms with van der Waals surface area (Å²) in [6.45, 7) is 3.74. The van der Waals surface area contributed by atoms with Crippen molar-refractivity contribution in [1.82, 2.24) is 4.57 Å². The van der Waals surface area contributed by atoms with Gasteiger partial charge in [0, 0.05) is 5.69 Å². The number of nitrogens with zero attached hydrogens (tertiary/aromatic N) is 1. The molecule has 0 aliphatic carbocycles. The summed E-state index contributed by atoms with van der Waals surface area (Å²) in [6.07, 6.45) is 0.894. The molecule has 118 valence electrons. The van der Waals surface area contributed by atoms with Gasteiger partial charge in [-0.1, -0.05) is 31.2 Å². The maximum Gasteiger partial charge on any atom is 0.420 e. The second-order valence-corrected chi connectivity index (χ2v) is 5.42. The summed E-state index contributed by atoms with van der Waals surface area (Å²) in [6, 6.07) is 14.1. The summed E-state index contributed by atoms with van der Waals surface area (Å²) in [7, 11) is 0. The van der Waals surface area contributed by atoms with Gasteiger partial charge >= 0.3 is 5.76 Å². The van der Waals surface area contributed by atoms with E-state index in [1.807, 2.05) is 30.3 Å². The number of aromatic nitrogens is 1. The third kappa shape index (κ3) is 2.90. The molecule has 1 heterocycles. The van der Waals surface area contributed by atoms with E-state index in [-0.39, 0.29) is 5.91 Å². The van der Waals surface area contributed by atoms with Gasteiger partial charge in [0.2, 0.25) is 5.91 Å². The highest BCUT2D eigenvalue weighted by Gasteiger charge is 2.21. The maximum absolute atomic E-state index is 12.5. The van der Waals surface area contributed by atoms with Crippen molar-refractivity contribution in [3.8, 4) is 0 Å². The van der Waals surface area contributed by atoms with Crippen molar-refractivity contribution in [3.05, 3.63) is 64.6 Å². The van der Waals surface area contributed by atoms with Gasteiger partial charge in [0.15, 0.2) is 5.58 Å². The van der Waals surface area contributed by atoms with E-state index in [2.05, 4.69) is 12.2 Å². The Hall–Kier alpha value is -2.82. The second kappa shape index (κ2) is 6.12. The highest BCUT2D eigenvalue weighted by molar-refractivity contribution is 5.94. The van der Waals surface area contributed by atoms with Gasteiger partial charge in [0.05, 0.1) is 5.52 Å². The first-order valence-corrected chi connectivity index (χ1v) is 7.60. The smallest absolute Gasteiger partial charge is 0.408 e. The third-order valence-electron chi connectivity index (χ3n) is 3.89. The molecule has 0 unspecified atom stereocenters. The molecule has 0 aliphatic rings. The molecule has 0 fully saturated rings. The van der Waals surface area contributed by atoms with Gasteiger partial charge in [-0.05, 0) is 43.2 Å². The summed E-state index contributed by atoms with van der Waals surface area (Å²) in [5, 5.41) is 2.86. The quantitative estimate of drug-likeness (QED) is 0.803. The Balaban J connectivity index is 1.89. The van der Waals surface area contributed by atoms with Crippen LogP contribution in [0.1, 0.15) is 25.5 Å². The molecule has 23 heavy (non-hydrogen) atoms. The highest BCUT2D eigenvalue weighted by atomic mass is 16.4. The number of aryl methyl sites for hydroxylation is 1. The number of anilines is 1. The predicted octanol–water partition coefficient (Wildman–Crippen LogP) is 3.36. The number of fused-ring (bicyclic) bond motifs is 1. The number of nitrogens with one attached hydrogen (secondary N) is 1. The molecule has 5 nitrogen and oxygen atoms in total. The van der Waals surface area contributed by atoms with Crippen LogP contribution in [0.15, 0.2) is 57.7 Å². The van der Waals surface area contributed by atoms with Crippen LogP contribution in [0.3, 0.4) is 0 Å². The Morgan fingerprint density at radius 3 is 2.78 bits per heavy atom. The van der Waals surface area contributed by atoms with Crippen LogP contribution in [-0.2, 0) is 11.2 Å². The maximum atomic E-state index is 12.5. The Morgan fingerprint density at radius 1 is 1.22 bits per heavy atom. The van der Waals surface area contributed by atoms with E-state index in [1.165, 1.54) is 4.57 Å². The first kappa shape index (κ1) is 15.1. The SMILES string of the molecule is CCc1cccc(NC(=O)[C@@H](C)n2c(=O)oc3ccccc32)c1. The van der Waals surface area contributed by atoms with Crippen molar-refractivity contribution in [1.29, 1.82) is 0 Å². The van der Waals surface area contributed by atoms with Crippen LogP contribution in [0.4, 0.5) is 5.69 Å². The van der Waals surface area contributed by atoms with Crippen LogP contribution in [0.2, 0.25) is 0 Å². The van der Waals surface area contributed by atoms with E-state index in [0.29, 0.717) is 11.1 Å². The highest BCUT2D eigenvalue weighted by Crippen LogP contribution is 2.18. The zero-order valence-electron chi connectivity index (χ0n) is 13.1. The van der Waals surface area contributed by atoms with Crippen LogP contribution in [0.5, 0.6) is 0 Å². The molecule has 3 aromatic rings. The van der Waals surface area contributed by atoms with E-state index >= 15 is 0 Å². The fraction of sp³-hybridized carbons (Fsp3) is 0.222. The molecule has 0 spiro atoms. The number of oxazole rings is 1. The van der Waals surface area contributed by atoms with Crippen LogP contribution >= 0.6 is 0 Å². The van der Waals surface area contributed by atoms with Crippen LogP contribution < -0.4 is 11.1 Å². The summed E-state index contributed by atoms with van der Waals surface area (Å²) in [5.41, 5.74) is 2.95. The van der Waals surface area contributed by atoms with Gasteiger partial charge < -0.3 is 9.73 Å². The standard InChI is InChI=1S/C18H18N2O3/c1-3-13-7-6-8-14(11-13)19-17(21)12(2)20-15-9-4-5-10-16(15)23-18(20)22/h4-12H,3H2,1-2H3,(H,19,21)/t12-/m1/s1. The van der Waals surface area contributed by atoms with E-state index < -0.39 is 11.8 Å². The van der Waals surface area contributed by atoms with Crippen molar-refractivity contribution in [2.24, 2.45) is 0 Å². The van der Waals surface area contributed by atoms with Gasteiger partial charge in [-0.25, -0.2) is 4.79 Å². The van der Waals surface area contributed by atoms with Crippen molar-refractivity contribution in [3.63, 3.8) is 0 Å². The van der Waals surface area contributed by atoms with Gasteiger partial charge in [-0.15, -0.1) is 0 Å². The number of para-hydroxylation sites is 2. The van der Waals surface area contributed by atoms with Crippen molar-refractivity contribution in [2.75, 3.05) is 5.32 Å². The average Bonchev–Trinajstić information content (AvgIpc) is 2.90. The fourth-order valence-electron chi connectivity index (χ4n) is 2.58. The monoisotopic (exact) mass is 310 g/mol. The van der Waals surface area contributed by atoms with E-state index in [1.54, 1.807) is 25.1 Å². The number of rotatable bonds is 4. The zero-order chi connectivity index (χ0) is 16.4.